The summed E-state index contributed by atoms with van der Waals surface area (Å²) in [6.07, 6.45) is 3.72. The number of rotatable bonds is 8. The zero-order valence-corrected chi connectivity index (χ0v) is 17.6. The number of carbonyl (C=O) groups is 2. The molecule has 3 N–H and O–H groups in total. The summed E-state index contributed by atoms with van der Waals surface area (Å²) in [4.78, 5) is 30.3. The van der Waals surface area contributed by atoms with E-state index < -0.39 is 5.97 Å². The molecule has 0 radical (unpaired) electrons. The van der Waals surface area contributed by atoms with Crippen LogP contribution in [-0.4, -0.2) is 73.9 Å². The van der Waals surface area contributed by atoms with E-state index in [0.717, 1.165) is 25.8 Å². The third-order valence-electron chi connectivity index (χ3n) is 5.51. The van der Waals surface area contributed by atoms with Crippen molar-refractivity contribution in [3.63, 3.8) is 0 Å². The number of ether oxygens (including phenoxy) is 3. The van der Waals surface area contributed by atoms with Gasteiger partial charge in [-0.3, -0.25) is 9.69 Å². The van der Waals surface area contributed by atoms with Crippen LogP contribution < -0.4 is 14.8 Å². The summed E-state index contributed by atoms with van der Waals surface area (Å²) in [5, 5.41) is 12.8. The number of anilines is 1. The number of nitrogens with one attached hydrogen (secondary N) is 2. The second-order valence-electron chi connectivity index (χ2n) is 7.30. The molecule has 2 aromatic rings. The van der Waals surface area contributed by atoms with Crippen molar-refractivity contribution in [2.45, 2.75) is 31.7 Å². The molecule has 0 bridgehead atoms. The van der Waals surface area contributed by atoms with Gasteiger partial charge in [0.2, 0.25) is 5.91 Å². The van der Waals surface area contributed by atoms with Gasteiger partial charge in [0.25, 0.3) is 0 Å². The Labute approximate surface area is 175 Å². The fraction of sp³-hybridized carbons (Fsp3) is 0.524. The summed E-state index contributed by atoms with van der Waals surface area (Å²) in [5.74, 6) is 0.159. The molecule has 9 nitrogen and oxygen atoms in total. The Morgan fingerprint density at radius 3 is 2.60 bits per heavy atom. The predicted molar refractivity (Wildman–Crippen MR) is 112 cm³/mol. The van der Waals surface area contributed by atoms with Crippen molar-refractivity contribution in [1.82, 2.24) is 9.88 Å². The first-order chi connectivity index (χ1) is 14.5. The maximum absolute atomic E-state index is 12.9. The molecular weight excluding hydrogens is 390 g/mol. The van der Waals surface area contributed by atoms with Gasteiger partial charge in [-0.25, -0.2) is 4.79 Å². The number of benzene rings is 1. The first-order valence-corrected chi connectivity index (χ1v) is 10.0. The van der Waals surface area contributed by atoms with Gasteiger partial charge >= 0.3 is 5.97 Å². The summed E-state index contributed by atoms with van der Waals surface area (Å²) in [6.45, 7) is 1.09. The third kappa shape index (κ3) is 4.52. The van der Waals surface area contributed by atoms with Gasteiger partial charge in [0.05, 0.1) is 39.1 Å². The number of carbonyl (C=O) groups excluding carboxylic acids is 2. The van der Waals surface area contributed by atoms with Gasteiger partial charge in [-0.15, -0.1) is 0 Å². The summed E-state index contributed by atoms with van der Waals surface area (Å²) < 4.78 is 15.6. The van der Waals surface area contributed by atoms with Gasteiger partial charge in [-0.2, -0.15) is 0 Å². The highest BCUT2D eigenvalue weighted by molar-refractivity contribution is 6.11. The quantitative estimate of drug-likeness (QED) is 0.562. The lowest BCUT2D eigenvalue weighted by molar-refractivity contribution is -0.118. The van der Waals surface area contributed by atoms with E-state index in [1.54, 1.807) is 12.1 Å². The minimum absolute atomic E-state index is 0.0966. The number of hydrogen-bond acceptors (Lipinski definition) is 7. The van der Waals surface area contributed by atoms with Crippen molar-refractivity contribution >= 4 is 28.5 Å². The average molecular weight is 419 g/mol. The molecule has 1 aromatic carbocycles. The Hall–Kier alpha value is -2.78. The molecule has 0 saturated carbocycles. The largest absolute Gasteiger partial charge is 0.493 e. The topological polar surface area (TPSA) is 113 Å². The number of aliphatic hydroxyl groups is 1. The summed E-state index contributed by atoms with van der Waals surface area (Å²) in [6, 6.07) is 3.60. The molecule has 1 aliphatic rings. The molecule has 1 aromatic heterocycles. The molecule has 3 rings (SSSR count). The van der Waals surface area contributed by atoms with Crippen LogP contribution in [0, 0.1) is 0 Å². The van der Waals surface area contributed by atoms with E-state index in [2.05, 4.69) is 15.2 Å². The molecule has 0 spiro atoms. The lowest BCUT2D eigenvalue weighted by Crippen LogP contribution is -2.44. The van der Waals surface area contributed by atoms with Gasteiger partial charge in [0, 0.05) is 24.1 Å². The molecular formula is C21H29N3O6. The van der Waals surface area contributed by atoms with Crippen molar-refractivity contribution in [1.29, 1.82) is 0 Å². The van der Waals surface area contributed by atoms with Crippen LogP contribution in [-0.2, 0) is 9.53 Å². The summed E-state index contributed by atoms with van der Waals surface area (Å²) in [7, 11) is 4.33. The average Bonchev–Trinajstić information content (AvgIpc) is 3.10. The van der Waals surface area contributed by atoms with E-state index in [-0.39, 0.29) is 30.8 Å². The number of amides is 1. The number of esters is 1. The van der Waals surface area contributed by atoms with Crippen LogP contribution in [0.1, 0.15) is 36.2 Å². The van der Waals surface area contributed by atoms with Gasteiger partial charge in [0.15, 0.2) is 11.5 Å². The first kappa shape index (κ1) is 21.9. The Kier molecular flexibility index (Phi) is 7.17. The second-order valence-corrected chi connectivity index (χ2v) is 7.30. The minimum atomic E-state index is -0.587. The molecule has 9 heteroatoms. The Bertz CT molecular complexity index is 908. The molecule has 1 atom stereocenters. The standard InChI is InChI=1S/C21H29N3O6/c1-28-16-10-14-15(11-17(16)29-2)22-20(21(27)30-3)19(14)23-18(26)12-24-8-5-4-6-13(24)7-9-25/h10-11,13,22,25H,4-9,12H2,1-3H3,(H,23,26). The van der Waals surface area contributed by atoms with Gasteiger partial charge in [0.1, 0.15) is 5.69 Å². The molecule has 2 heterocycles. The Morgan fingerprint density at radius 1 is 1.20 bits per heavy atom. The lowest BCUT2D eigenvalue weighted by atomic mass is 9.99. The molecule has 1 saturated heterocycles. The van der Waals surface area contributed by atoms with E-state index in [1.165, 1.54) is 21.3 Å². The molecule has 1 amide bonds. The van der Waals surface area contributed by atoms with E-state index in [9.17, 15) is 14.7 Å². The van der Waals surface area contributed by atoms with Crippen LogP contribution in [0.3, 0.4) is 0 Å². The summed E-state index contributed by atoms with van der Waals surface area (Å²) >= 11 is 0. The lowest BCUT2D eigenvalue weighted by Gasteiger charge is -2.34. The third-order valence-corrected chi connectivity index (χ3v) is 5.51. The fourth-order valence-electron chi connectivity index (χ4n) is 4.01. The minimum Gasteiger partial charge on any atom is -0.493 e. The molecule has 164 valence electrons. The number of fused-ring (bicyclic) bond motifs is 1. The smallest absolute Gasteiger partial charge is 0.356 e. The molecule has 1 aliphatic heterocycles. The highest BCUT2D eigenvalue weighted by Crippen LogP contribution is 2.37. The van der Waals surface area contributed by atoms with Crippen molar-refractivity contribution < 1.29 is 28.9 Å². The maximum atomic E-state index is 12.9. The number of hydrogen-bond donors (Lipinski definition) is 3. The normalized spacial score (nSPS) is 17.0. The van der Waals surface area contributed by atoms with Crippen LogP contribution in [0.15, 0.2) is 12.1 Å². The fourth-order valence-corrected chi connectivity index (χ4v) is 4.01. The number of aromatic nitrogens is 1. The van der Waals surface area contributed by atoms with Crippen LogP contribution in [0.4, 0.5) is 5.69 Å². The SMILES string of the molecule is COC(=O)c1[nH]c2cc(OC)c(OC)cc2c1NC(=O)CN1CCCCC1CCO. The second kappa shape index (κ2) is 9.82. The monoisotopic (exact) mass is 419 g/mol. The molecule has 0 aliphatic carbocycles. The summed E-state index contributed by atoms with van der Waals surface area (Å²) in [5.41, 5.74) is 1.11. The van der Waals surface area contributed by atoms with Crippen molar-refractivity contribution in [2.75, 3.05) is 46.3 Å². The van der Waals surface area contributed by atoms with Crippen LogP contribution >= 0.6 is 0 Å². The van der Waals surface area contributed by atoms with Crippen LogP contribution in [0.5, 0.6) is 11.5 Å². The molecule has 1 unspecified atom stereocenters. The van der Waals surface area contributed by atoms with Gasteiger partial charge in [-0.05, 0) is 31.9 Å². The Morgan fingerprint density at radius 2 is 1.93 bits per heavy atom. The zero-order valence-electron chi connectivity index (χ0n) is 17.6. The zero-order chi connectivity index (χ0) is 21.7. The predicted octanol–water partition coefficient (Wildman–Crippen LogP) is 2.15. The number of aliphatic hydroxyl groups excluding tert-OH is 1. The highest BCUT2D eigenvalue weighted by Gasteiger charge is 2.26. The van der Waals surface area contributed by atoms with E-state index >= 15 is 0 Å². The van der Waals surface area contributed by atoms with E-state index in [4.69, 9.17) is 14.2 Å². The van der Waals surface area contributed by atoms with Crippen LogP contribution in [0.25, 0.3) is 10.9 Å². The van der Waals surface area contributed by atoms with Crippen molar-refractivity contribution in [3.8, 4) is 11.5 Å². The van der Waals surface area contributed by atoms with Gasteiger partial charge < -0.3 is 29.6 Å². The van der Waals surface area contributed by atoms with Crippen molar-refractivity contribution in [2.24, 2.45) is 0 Å². The number of aromatic amines is 1. The van der Waals surface area contributed by atoms with E-state index in [1.807, 2.05) is 0 Å². The Balaban J connectivity index is 1.91. The molecule has 1 fully saturated rings. The van der Waals surface area contributed by atoms with Gasteiger partial charge in [-0.1, -0.05) is 6.42 Å². The van der Waals surface area contributed by atoms with E-state index in [0.29, 0.717) is 34.5 Å². The first-order valence-electron chi connectivity index (χ1n) is 10.0. The van der Waals surface area contributed by atoms with Crippen LogP contribution in [0.2, 0.25) is 0 Å². The van der Waals surface area contributed by atoms with Crippen molar-refractivity contribution in [3.05, 3.63) is 17.8 Å². The number of piperidine rings is 1. The molecule has 30 heavy (non-hydrogen) atoms. The number of nitrogens with zero attached hydrogens (tertiary/aromatic N) is 1. The maximum Gasteiger partial charge on any atom is 0.356 e. The number of H-pyrrole nitrogens is 1. The number of methoxy groups -OCH3 is 3. The highest BCUT2D eigenvalue weighted by atomic mass is 16.5. The number of likely N-dealkylation sites (tertiary alicyclic amines) is 1.